The first-order chi connectivity index (χ1) is 38.3. The Bertz CT molecular complexity index is 4990. The van der Waals surface area contributed by atoms with Gasteiger partial charge in [-0.2, -0.15) is 5.26 Å². The van der Waals surface area contributed by atoms with Crippen LogP contribution in [-0.4, -0.2) is 0 Å². The number of nitriles is 1. The predicted molar refractivity (Wildman–Crippen MR) is 331 cm³/mol. The number of para-hydroxylation sites is 2. The first kappa shape index (κ1) is 49.0. The maximum absolute atomic E-state index is 9.30. The Morgan fingerprint density at radius 2 is 0.910 bits per heavy atom. The molecule has 0 bridgehead atoms. The summed E-state index contributed by atoms with van der Waals surface area (Å²) in [5, 5.41) is 25.5. The van der Waals surface area contributed by atoms with Crippen molar-refractivity contribution in [3.8, 4) is 28.3 Å². The Morgan fingerprint density at radius 3 is 1.68 bits per heavy atom. The minimum absolute atomic E-state index is 0.456. The highest BCUT2D eigenvalue weighted by atomic mass is 35.5. The van der Waals surface area contributed by atoms with E-state index in [-0.39, 0.29) is 0 Å². The van der Waals surface area contributed by atoms with E-state index >= 15 is 0 Å². The molecule has 0 radical (unpaired) electrons. The number of fused-ring (bicyclic) bond motifs is 16. The number of benzene rings is 12. The molecule has 0 spiro atoms. The van der Waals surface area contributed by atoms with Crippen LogP contribution in [0.5, 0.6) is 0 Å². The van der Waals surface area contributed by atoms with Crippen LogP contribution >= 0.6 is 57.7 Å². The summed E-state index contributed by atoms with van der Waals surface area (Å²) < 4.78 is 20.4. The summed E-state index contributed by atoms with van der Waals surface area (Å²) in [4.78, 5) is 0. The van der Waals surface area contributed by atoms with Crippen molar-refractivity contribution in [2.24, 2.45) is 0 Å². The number of furan rings is 3. The van der Waals surface area contributed by atoms with E-state index in [0.29, 0.717) is 21.2 Å². The van der Waals surface area contributed by atoms with Gasteiger partial charge < -0.3 is 13.3 Å². The zero-order chi connectivity index (χ0) is 52.9. The van der Waals surface area contributed by atoms with E-state index in [2.05, 4.69) is 103 Å². The molecular formula is C69H39Cl4NO3S. The molecule has 16 aromatic rings. The van der Waals surface area contributed by atoms with Crippen molar-refractivity contribution in [1.82, 2.24) is 0 Å². The molecule has 0 saturated heterocycles. The molecule has 0 saturated carbocycles. The summed E-state index contributed by atoms with van der Waals surface area (Å²) in [6.07, 6.45) is 0. The van der Waals surface area contributed by atoms with E-state index < -0.39 is 0 Å². The highest BCUT2D eigenvalue weighted by molar-refractivity contribution is 7.26. The number of thiophene rings is 1. The number of rotatable bonds is 2. The molecule has 0 fully saturated rings. The van der Waals surface area contributed by atoms with Crippen molar-refractivity contribution < 1.29 is 13.3 Å². The smallest absolute Gasteiger partial charge is 0.154 e. The van der Waals surface area contributed by atoms with Crippen molar-refractivity contribution in [3.05, 3.63) is 262 Å². The van der Waals surface area contributed by atoms with Gasteiger partial charge in [-0.1, -0.05) is 228 Å². The molecular weight excluding hydrogens is 1060 g/mol. The summed E-state index contributed by atoms with van der Waals surface area (Å²) in [6.45, 7) is 0. The minimum Gasteiger partial charge on any atom is -0.456 e. The molecule has 0 aliphatic rings. The van der Waals surface area contributed by atoms with Gasteiger partial charge in [0.2, 0.25) is 0 Å². The molecule has 0 atom stereocenters. The summed E-state index contributed by atoms with van der Waals surface area (Å²) in [7, 11) is 0. The fourth-order valence-electron chi connectivity index (χ4n) is 10.4. The van der Waals surface area contributed by atoms with Crippen molar-refractivity contribution in [1.29, 1.82) is 5.26 Å². The average Bonchev–Trinajstić information content (AvgIpc) is 4.39. The molecule has 12 aromatic carbocycles. The number of nitrogens with zero attached hydrogens (tertiary/aromatic N) is 1. The lowest BCUT2D eigenvalue weighted by Gasteiger charge is -2.02. The lowest BCUT2D eigenvalue weighted by molar-refractivity contribution is 0.668. The molecule has 372 valence electrons. The van der Waals surface area contributed by atoms with Crippen LogP contribution in [0, 0.1) is 11.3 Å². The fourth-order valence-corrected chi connectivity index (χ4v) is 12.7. The van der Waals surface area contributed by atoms with Gasteiger partial charge in [0.1, 0.15) is 28.4 Å². The quantitative estimate of drug-likeness (QED) is 0.173. The zero-order valence-electron chi connectivity index (χ0n) is 41.1. The topological polar surface area (TPSA) is 63.2 Å². The SMILES string of the molecule is Clc1ccc2c(c1)sc1c(-c3ccccc3)cccc12.Clc1cccc2c1oc1c3ccccc3ccc21.Clc1cccc2oc3ccc4ccccc4c3c12.N#Cc1cc(Cl)cc2c1oc1c(-c3ccccc3)cccc12. The van der Waals surface area contributed by atoms with E-state index in [9.17, 15) is 5.26 Å². The van der Waals surface area contributed by atoms with Crippen LogP contribution < -0.4 is 0 Å². The molecule has 4 heterocycles. The largest absolute Gasteiger partial charge is 0.456 e. The van der Waals surface area contributed by atoms with Gasteiger partial charge in [0.25, 0.3) is 0 Å². The average molecular weight is 1100 g/mol. The van der Waals surface area contributed by atoms with Crippen LogP contribution in [0.1, 0.15) is 5.56 Å². The molecule has 9 heteroatoms. The third kappa shape index (κ3) is 8.94. The number of hydrogen-bond acceptors (Lipinski definition) is 5. The Kier molecular flexibility index (Phi) is 13.0. The second kappa shape index (κ2) is 20.8. The number of halogens is 4. The van der Waals surface area contributed by atoms with Gasteiger partial charge in [0.15, 0.2) is 11.2 Å². The molecule has 0 aliphatic carbocycles. The summed E-state index contributed by atoms with van der Waals surface area (Å²) in [6, 6.07) is 81.3. The van der Waals surface area contributed by atoms with Gasteiger partial charge in [-0.15, -0.1) is 11.3 Å². The standard InChI is InChI=1S/C19H10ClNO.C18H11ClS.2C16H9ClO/c20-14-9-13(11-21)18-17(10-14)16-8-4-7-15(19(16)22-18)12-5-2-1-3-6-12;19-13-9-10-15-16-8-4-7-14(12-5-2-1-3-6-12)18(16)20-17(15)11-13;17-14-7-3-6-12-13-9-8-10-4-1-2-5-11(10)15(13)18-16(12)14;17-12-6-3-7-13-16(12)15-11-5-2-1-4-10(11)8-9-14(15)18-13/h1-10H;1-11H;2*1-9H. The third-order valence-electron chi connectivity index (χ3n) is 14.0. The summed E-state index contributed by atoms with van der Waals surface area (Å²) in [5.41, 5.74) is 9.88. The van der Waals surface area contributed by atoms with E-state index in [1.54, 1.807) is 6.07 Å². The van der Waals surface area contributed by atoms with Gasteiger partial charge in [0.05, 0.1) is 15.6 Å². The van der Waals surface area contributed by atoms with E-state index in [4.69, 9.17) is 59.7 Å². The van der Waals surface area contributed by atoms with Crippen LogP contribution in [0.4, 0.5) is 0 Å². The van der Waals surface area contributed by atoms with E-state index in [1.165, 1.54) is 47.5 Å². The van der Waals surface area contributed by atoms with Crippen LogP contribution in [-0.2, 0) is 0 Å². The highest BCUT2D eigenvalue weighted by Gasteiger charge is 2.17. The zero-order valence-corrected chi connectivity index (χ0v) is 44.9. The van der Waals surface area contributed by atoms with Gasteiger partial charge in [-0.25, -0.2) is 0 Å². The molecule has 0 N–H and O–H groups in total. The molecule has 4 nitrogen and oxygen atoms in total. The normalized spacial score (nSPS) is 11.3. The molecule has 0 amide bonds. The van der Waals surface area contributed by atoms with Gasteiger partial charge in [-0.3, -0.25) is 0 Å². The van der Waals surface area contributed by atoms with E-state index in [0.717, 1.165) is 86.8 Å². The Hall–Kier alpha value is -8.57. The molecule has 16 rings (SSSR count). The van der Waals surface area contributed by atoms with Crippen LogP contribution in [0.2, 0.25) is 20.1 Å². The monoisotopic (exact) mass is 1100 g/mol. The number of hydrogen-bond donors (Lipinski definition) is 0. The molecule has 0 unspecified atom stereocenters. The van der Waals surface area contributed by atoms with Crippen LogP contribution in [0.3, 0.4) is 0 Å². The van der Waals surface area contributed by atoms with Crippen molar-refractivity contribution >= 4 is 165 Å². The lowest BCUT2D eigenvalue weighted by Crippen LogP contribution is -1.77. The van der Waals surface area contributed by atoms with E-state index in [1.807, 2.05) is 145 Å². The Morgan fingerprint density at radius 1 is 0.346 bits per heavy atom. The second-order valence-electron chi connectivity index (χ2n) is 18.6. The van der Waals surface area contributed by atoms with Crippen molar-refractivity contribution in [3.63, 3.8) is 0 Å². The first-order valence-electron chi connectivity index (χ1n) is 25.0. The molecule has 4 aromatic heterocycles. The predicted octanol–water partition coefficient (Wildman–Crippen LogP) is 22.9. The Balaban J connectivity index is 0.0000000992. The molecule has 78 heavy (non-hydrogen) atoms. The van der Waals surface area contributed by atoms with Gasteiger partial charge in [-0.05, 0) is 87.4 Å². The van der Waals surface area contributed by atoms with Gasteiger partial charge in [0, 0.05) is 73.5 Å². The Labute approximate surface area is 471 Å². The highest BCUT2D eigenvalue weighted by Crippen LogP contribution is 2.43. The van der Waals surface area contributed by atoms with Crippen LogP contribution in [0.15, 0.2) is 250 Å². The maximum Gasteiger partial charge on any atom is 0.154 e. The van der Waals surface area contributed by atoms with Gasteiger partial charge >= 0.3 is 0 Å². The van der Waals surface area contributed by atoms with Crippen molar-refractivity contribution in [2.45, 2.75) is 0 Å². The summed E-state index contributed by atoms with van der Waals surface area (Å²) in [5.74, 6) is 0. The van der Waals surface area contributed by atoms with Crippen molar-refractivity contribution in [2.75, 3.05) is 0 Å². The lowest BCUT2D eigenvalue weighted by atomic mass is 10.0. The molecule has 0 aliphatic heterocycles. The first-order valence-corrected chi connectivity index (χ1v) is 27.4. The van der Waals surface area contributed by atoms with Crippen LogP contribution in [0.25, 0.3) is 130 Å². The maximum atomic E-state index is 9.30. The fraction of sp³-hybridized carbons (Fsp3) is 0. The second-order valence-corrected chi connectivity index (χ2v) is 21.4. The third-order valence-corrected chi connectivity index (χ3v) is 16.3. The minimum atomic E-state index is 0.456. The summed E-state index contributed by atoms with van der Waals surface area (Å²) >= 11 is 26.6.